The fraction of sp³-hybridized carbons (Fsp3) is 0.100. The summed E-state index contributed by atoms with van der Waals surface area (Å²) in [6.07, 6.45) is 1.70. The van der Waals surface area contributed by atoms with Gasteiger partial charge in [0.25, 0.3) is 5.56 Å². The van der Waals surface area contributed by atoms with Gasteiger partial charge < -0.3 is 4.98 Å². The van der Waals surface area contributed by atoms with E-state index in [1.54, 1.807) is 12.3 Å². The highest BCUT2D eigenvalue weighted by Gasteiger charge is 2.04. The minimum atomic E-state index is -0.133. The van der Waals surface area contributed by atoms with Crippen LogP contribution in [0.3, 0.4) is 0 Å². The number of halogens is 1. The number of H-pyrrole nitrogens is 1. The van der Waals surface area contributed by atoms with E-state index < -0.39 is 0 Å². The highest BCUT2D eigenvalue weighted by molar-refractivity contribution is 6.35. The van der Waals surface area contributed by atoms with Crippen LogP contribution in [0.2, 0.25) is 5.02 Å². The molecule has 0 aliphatic carbocycles. The molecule has 0 unspecified atom stereocenters. The van der Waals surface area contributed by atoms with E-state index in [0.717, 1.165) is 10.9 Å². The van der Waals surface area contributed by atoms with Crippen molar-refractivity contribution in [3.63, 3.8) is 0 Å². The van der Waals surface area contributed by atoms with Crippen LogP contribution in [0.1, 0.15) is 5.56 Å². The van der Waals surface area contributed by atoms with E-state index in [1.165, 1.54) is 0 Å². The first-order chi connectivity index (χ1) is 6.20. The molecule has 2 rings (SSSR count). The normalized spacial score (nSPS) is 10.6. The highest BCUT2D eigenvalue weighted by Crippen LogP contribution is 2.21. The highest BCUT2D eigenvalue weighted by atomic mass is 35.5. The largest absolute Gasteiger partial charge is 0.328 e. The van der Waals surface area contributed by atoms with Gasteiger partial charge in [0.2, 0.25) is 0 Å². The molecular formula is C10H8ClNO. The van der Waals surface area contributed by atoms with E-state index in [1.807, 2.05) is 19.1 Å². The molecule has 1 heterocycles. The lowest BCUT2D eigenvalue weighted by Crippen LogP contribution is -2.06. The number of benzene rings is 1. The van der Waals surface area contributed by atoms with Crippen molar-refractivity contribution in [3.05, 3.63) is 45.3 Å². The summed E-state index contributed by atoms with van der Waals surface area (Å²) in [4.78, 5) is 14.1. The number of aromatic nitrogens is 1. The first kappa shape index (κ1) is 8.32. The number of aryl methyl sites for hydroxylation is 1. The van der Waals surface area contributed by atoms with Gasteiger partial charge in [0.05, 0.1) is 10.4 Å². The topological polar surface area (TPSA) is 32.9 Å². The molecule has 0 atom stereocenters. The number of rotatable bonds is 0. The summed E-state index contributed by atoms with van der Waals surface area (Å²) in [6.45, 7) is 1.94. The van der Waals surface area contributed by atoms with Gasteiger partial charge in [-0.1, -0.05) is 23.7 Å². The number of pyridine rings is 1. The number of hydrogen-bond donors (Lipinski definition) is 1. The van der Waals surface area contributed by atoms with Crippen LogP contribution in [-0.2, 0) is 0 Å². The van der Waals surface area contributed by atoms with Crippen molar-refractivity contribution in [1.82, 2.24) is 4.98 Å². The summed E-state index contributed by atoms with van der Waals surface area (Å²) in [6, 6.07) is 5.46. The number of fused-ring (bicyclic) bond motifs is 1. The molecule has 0 saturated carbocycles. The molecule has 0 radical (unpaired) electrons. The quantitative estimate of drug-likeness (QED) is 0.685. The minimum absolute atomic E-state index is 0.133. The second kappa shape index (κ2) is 2.89. The number of hydrogen-bond acceptors (Lipinski definition) is 1. The van der Waals surface area contributed by atoms with Crippen molar-refractivity contribution in [3.8, 4) is 0 Å². The number of aromatic amines is 1. The van der Waals surface area contributed by atoms with Crippen LogP contribution >= 0.6 is 11.6 Å². The summed E-state index contributed by atoms with van der Waals surface area (Å²) >= 11 is 5.91. The summed E-state index contributed by atoms with van der Waals surface area (Å²) in [5.41, 5.74) is 0.892. The predicted molar refractivity (Wildman–Crippen MR) is 54.3 cm³/mol. The third-order valence-electron chi connectivity index (χ3n) is 2.09. The molecule has 1 aromatic carbocycles. The molecule has 1 N–H and O–H groups in total. The molecule has 0 amide bonds. The lowest BCUT2D eigenvalue weighted by atomic mass is 10.1. The fourth-order valence-electron chi connectivity index (χ4n) is 1.41. The van der Waals surface area contributed by atoms with E-state index in [4.69, 9.17) is 11.6 Å². The maximum Gasteiger partial charge on any atom is 0.257 e. The van der Waals surface area contributed by atoms with Gasteiger partial charge in [0.15, 0.2) is 0 Å². The lowest BCUT2D eigenvalue weighted by Gasteiger charge is -2.01. The van der Waals surface area contributed by atoms with Crippen molar-refractivity contribution >= 4 is 22.4 Å². The molecule has 0 spiro atoms. The first-order valence-corrected chi connectivity index (χ1v) is 4.34. The zero-order valence-corrected chi connectivity index (χ0v) is 7.85. The van der Waals surface area contributed by atoms with Gasteiger partial charge in [-0.3, -0.25) is 4.79 Å². The van der Waals surface area contributed by atoms with Gasteiger partial charge in [-0.15, -0.1) is 0 Å². The van der Waals surface area contributed by atoms with E-state index in [-0.39, 0.29) is 5.56 Å². The summed E-state index contributed by atoms with van der Waals surface area (Å²) in [5.74, 6) is 0. The van der Waals surface area contributed by atoms with Crippen LogP contribution in [-0.4, -0.2) is 4.98 Å². The third kappa shape index (κ3) is 1.23. The van der Waals surface area contributed by atoms with Gasteiger partial charge >= 0.3 is 0 Å². The smallest absolute Gasteiger partial charge is 0.257 e. The second-order valence-electron chi connectivity index (χ2n) is 2.96. The molecule has 3 heteroatoms. The molecule has 0 saturated heterocycles. The Hall–Kier alpha value is -1.28. The van der Waals surface area contributed by atoms with Crippen molar-refractivity contribution in [2.45, 2.75) is 6.92 Å². The van der Waals surface area contributed by atoms with E-state index in [0.29, 0.717) is 10.4 Å². The Kier molecular flexibility index (Phi) is 1.85. The molecule has 66 valence electrons. The average molecular weight is 194 g/mol. The van der Waals surface area contributed by atoms with E-state index in [2.05, 4.69) is 4.98 Å². The molecule has 0 fully saturated rings. The van der Waals surface area contributed by atoms with E-state index >= 15 is 0 Å². The molecular weight excluding hydrogens is 186 g/mol. The SMILES string of the molecule is Cc1c[nH]c(=O)c2c(Cl)cccc12. The zero-order valence-electron chi connectivity index (χ0n) is 7.10. The van der Waals surface area contributed by atoms with Crippen LogP contribution in [0.25, 0.3) is 10.8 Å². The van der Waals surface area contributed by atoms with Gasteiger partial charge in [-0.2, -0.15) is 0 Å². The van der Waals surface area contributed by atoms with Crippen LogP contribution in [0.5, 0.6) is 0 Å². The van der Waals surface area contributed by atoms with Gasteiger partial charge in [-0.05, 0) is 23.9 Å². The Morgan fingerprint density at radius 3 is 2.85 bits per heavy atom. The Bertz CT molecular complexity index is 516. The summed E-state index contributed by atoms with van der Waals surface area (Å²) in [5, 5.41) is 1.99. The van der Waals surface area contributed by atoms with Crippen LogP contribution in [0.4, 0.5) is 0 Å². The van der Waals surface area contributed by atoms with Crippen LogP contribution in [0, 0.1) is 6.92 Å². The monoisotopic (exact) mass is 193 g/mol. The second-order valence-corrected chi connectivity index (χ2v) is 3.37. The zero-order chi connectivity index (χ0) is 9.42. The van der Waals surface area contributed by atoms with E-state index in [9.17, 15) is 4.79 Å². The van der Waals surface area contributed by atoms with Crippen LogP contribution < -0.4 is 5.56 Å². The molecule has 1 aromatic heterocycles. The van der Waals surface area contributed by atoms with Gasteiger partial charge in [-0.25, -0.2) is 0 Å². The summed E-state index contributed by atoms with van der Waals surface area (Å²) in [7, 11) is 0. The van der Waals surface area contributed by atoms with Gasteiger partial charge in [0.1, 0.15) is 0 Å². The Labute approximate surface area is 80.2 Å². The number of nitrogens with one attached hydrogen (secondary N) is 1. The molecule has 0 aliphatic heterocycles. The van der Waals surface area contributed by atoms with Crippen LogP contribution in [0.15, 0.2) is 29.2 Å². The van der Waals surface area contributed by atoms with Crippen molar-refractivity contribution < 1.29 is 0 Å². The maximum absolute atomic E-state index is 11.4. The Morgan fingerprint density at radius 2 is 2.15 bits per heavy atom. The molecule has 13 heavy (non-hydrogen) atoms. The Morgan fingerprint density at radius 1 is 1.38 bits per heavy atom. The molecule has 0 bridgehead atoms. The minimum Gasteiger partial charge on any atom is -0.328 e. The standard InChI is InChI=1S/C10H8ClNO/c1-6-5-12-10(13)9-7(6)3-2-4-8(9)11/h2-5H,1H3,(H,12,13). The fourth-order valence-corrected chi connectivity index (χ4v) is 1.67. The van der Waals surface area contributed by atoms with Crippen molar-refractivity contribution in [1.29, 1.82) is 0 Å². The lowest BCUT2D eigenvalue weighted by molar-refractivity contribution is 1.24. The Balaban J connectivity index is 3.09. The van der Waals surface area contributed by atoms with Crippen molar-refractivity contribution in [2.24, 2.45) is 0 Å². The van der Waals surface area contributed by atoms with Gasteiger partial charge in [0, 0.05) is 6.20 Å². The molecule has 2 nitrogen and oxygen atoms in total. The molecule has 2 aromatic rings. The molecule has 0 aliphatic rings. The third-order valence-corrected chi connectivity index (χ3v) is 2.40. The van der Waals surface area contributed by atoms with Crippen molar-refractivity contribution in [2.75, 3.05) is 0 Å². The predicted octanol–water partition coefficient (Wildman–Crippen LogP) is 2.49. The maximum atomic E-state index is 11.4. The first-order valence-electron chi connectivity index (χ1n) is 3.96. The summed E-state index contributed by atoms with van der Waals surface area (Å²) < 4.78 is 0. The average Bonchev–Trinajstić information content (AvgIpc) is 2.12.